The van der Waals surface area contributed by atoms with Gasteiger partial charge in [-0.05, 0) is 24.6 Å². The van der Waals surface area contributed by atoms with E-state index in [1.807, 2.05) is 72.7 Å². The summed E-state index contributed by atoms with van der Waals surface area (Å²) >= 11 is 6.42. The molecular formula is C21H20ClN5. The highest BCUT2D eigenvalue weighted by Crippen LogP contribution is 2.32. The summed E-state index contributed by atoms with van der Waals surface area (Å²) in [5.74, 6) is 1.53. The molecule has 0 radical (unpaired) electrons. The monoisotopic (exact) mass is 377 g/mol. The first-order valence-corrected chi connectivity index (χ1v) is 9.35. The summed E-state index contributed by atoms with van der Waals surface area (Å²) < 4.78 is 1.78. The van der Waals surface area contributed by atoms with E-state index in [1.165, 1.54) is 0 Å². The second-order valence-corrected chi connectivity index (χ2v) is 6.77. The van der Waals surface area contributed by atoms with E-state index in [1.54, 1.807) is 4.52 Å². The Labute approximate surface area is 163 Å². The highest BCUT2D eigenvalue weighted by atomic mass is 35.5. The van der Waals surface area contributed by atoms with Gasteiger partial charge in [0.25, 0.3) is 0 Å². The van der Waals surface area contributed by atoms with Crippen LogP contribution in [0.3, 0.4) is 0 Å². The van der Waals surface area contributed by atoms with Crippen molar-refractivity contribution in [2.45, 2.75) is 19.8 Å². The highest BCUT2D eigenvalue weighted by molar-refractivity contribution is 6.33. The van der Waals surface area contributed by atoms with Crippen LogP contribution in [0.1, 0.15) is 19.2 Å². The molecular weight excluding hydrogens is 358 g/mol. The van der Waals surface area contributed by atoms with E-state index < -0.39 is 0 Å². The quantitative estimate of drug-likeness (QED) is 0.481. The van der Waals surface area contributed by atoms with Gasteiger partial charge in [0.1, 0.15) is 5.82 Å². The van der Waals surface area contributed by atoms with E-state index >= 15 is 0 Å². The lowest BCUT2D eigenvalue weighted by molar-refractivity contribution is 0.787. The van der Waals surface area contributed by atoms with E-state index in [2.05, 4.69) is 12.0 Å². The van der Waals surface area contributed by atoms with Gasteiger partial charge in [-0.2, -0.15) is 14.6 Å². The lowest BCUT2D eigenvalue weighted by atomic mass is 10.1. The molecule has 0 aliphatic carbocycles. The van der Waals surface area contributed by atoms with Crippen LogP contribution in [-0.4, -0.2) is 26.6 Å². The molecule has 0 amide bonds. The number of hydrogen-bond acceptors (Lipinski definition) is 4. The first-order chi connectivity index (χ1) is 13.2. The molecule has 0 aliphatic heterocycles. The van der Waals surface area contributed by atoms with E-state index in [9.17, 15) is 0 Å². The maximum absolute atomic E-state index is 6.42. The number of para-hydroxylation sites is 1. The average molecular weight is 378 g/mol. The SMILES string of the molecule is CCCc1nc(N(C)c2ccccc2)n2ncc(-c3ccccc3Cl)c2n1. The Morgan fingerprint density at radius 1 is 0.963 bits per heavy atom. The molecule has 0 N–H and O–H groups in total. The predicted molar refractivity (Wildman–Crippen MR) is 110 cm³/mol. The third-order valence-corrected chi connectivity index (χ3v) is 4.81. The summed E-state index contributed by atoms with van der Waals surface area (Å²) in [6.45, 7) is 2.12. The molecule has 0 fully saturated rings. The normalized spacial score (nSPS) is 11.1. The first kappa shape index (κ1) is 17.5. The number of aromatic nitrogens is 4. The Kier molecular flexibility index (Phi) is 4.77. The van der Waals surface area contributed by atoms with Gasteiger partial charge < -0.3 is 4.90 Å². The van der Waals surface area contributed by atoms with Gasteiger partial charge in [-0.3, -0.25) is 0 Å². The average Bonchev–Trinajstić information content (AvgIpc) is 3.12. The molecule has 136 valence electrons. The van der Waals surface area contributed by atoms with Crippen LogP contribution in [0.5, 0.6) is 0 Å². The van der Waals surface area contributed by atoms with Gasteiger partial charge in [0.2, 0.25) is 5.95 Å². The zero-order chi connectivity index (χ0) is 18.8. The molecule has 0 unspecified atom stereocenters. The van der Waals surface area contributed by atoms with Crippen LogP contribution >= 0.6 is 11.6 Å². The molecule has 0 atom stereocenters. The van der Waals surface area contributed by atoms with Crippen LogP contribution in [0.4, 0.5) is 11.6 Å². The van der Waals surface area contributed by atoms with Crippen LogP contribution in [0.15, 0.2) is 60.8 Å². The van der Waals surface area contributed by atoms with E-state index in [0.29, 0.717) is 5.02 Å². The van der Waals surface area contributed by atoms with Gasteiger partial charge in [0, 0.05) is 35.3 Å². The molecule has 2 aromatic heterocycles. The van der Waals surface area contributed by atoms with Crippen molar-refractivity contribution in [3.63, 3.8) is 0 Å². The summed E-state index contributed by atoms with van der Waals surface area (Å²) in [5.41, 5.74) is 3.63. The fourth-order valence-corrected chi connectivity index (χ4v) is 3.33. The summed E-state index contributed by atoms with van der Waals surface area (Å²) in [6.07, 6.45) is 3.59. The molecule has 4 aromatic rings. The molecule has 0 saturated heterocycles. The molecule has 4 rings (SSSR count). The summed E-state index contributed by atoms with van der Waals surface area (Å²) in [4.78, 5) is 11.6. The molecule has 5 nitrogen and oxygen atoms in total. The lowest BCUT2D eigenvalue weighted by Crippen LogP contribution is -2.18. The Bertz CT molecular complexity index is 1070. The maximum Gasteiger partial charge on any atom is 0.234 e. The van der Waals surface area contributed by atoms with Gasteiger partial charge in [0.15, 0.2) is 5.65 Å². The standard InChI is InChI=1S/C21H20ClN5/c1-3-9-19-24-20-17(16-12-7-8-13-18(16)22)14-23-27(20)21(25-19)26(2)15-10-5-4-6-11-15/h4-8,10-14H,3,9H2,1-2H3. The van der Waals surface area contributed by atoms with Gasteiger partial charge in [-0.1, -0.05) is 54.9 Å². The van der Waals surface area contributed by atoms with Crippen LogP contribution in [0.2, 0.25) is 5.02 Å². The fourth-order valence-electron chi connectivity index (χ4n) is 3.10. The number of nitrogens with zero attached hydrogens (tertiary/aromatic N) is 5. The fraction of sp³-hybridized carbons (Fsp3) is 0.190. The van der Waals surface area contributed by atoms with Crippen LogP contribution < -0.4 is 4.90 Å². The minimum absolute atomic E-state index is 0.681. The molecule has 0 aliphatic rings. The van der Waals surface area contributed by atoms with Gasteiger partial charge in [0.05, 0.1) is 6.20 Å². The third-order valence-electron chi connectivity index (χ3n) is 4.48. The van der Waals surface area contributed by atoms with Crippen molar-refractivity contribution in [3.05, 3.63) is 71.6 Å². The minimum atomic E-state index is 0.681. The Balaban J connectivity index is 1.93. The highest BCUT2D eigenvalue weighted by Gasteiger charge is 2.18. The number of halogens is 1. The van der Waals surface area contributed by atoms with Crippen LogP contribution in [0.25, 0.3) is 16.8 Å². The Morgan fingerprint density at radius 2 is 1.70 bits per heavy atom. The lowest BCUT2D eigenvalue weighted by Gasteiger charge is -2.19. The third kappa shape index (κ3) is 3.26. The Morgan fingerprint density at radius 3 is 2.44 bits per heavy atom. The summed E-state index contributed by atoms with van der Waals surface area (Å²) in [7, 11) is 1.99. The first-order valence-electron chi connectivity index (χ1n) is 8.97. The van der Waals surface area contributed by atoms with Crippen molar-refractivity contribution in [1.29, 1.82) is 0 Å². The molecule has 0 spiro atoms. The van der Waals surface area contributed by atoms with Crippen LogP contribution in [0, 0.1) is 0 Å². The molecule has 2 heterocycles. The zero-order valence-corrected chi connectivity index (χ0v) is 16.1. The van der Waals surface area contributed by atoms with Crippen molar-refractivity contribution < 1.29 is 0 Å². The summed E-state index contributed by atoms with van der Waals surface area (Å²) in [5, 5.41) is 5.26. The number of benzene rings is 2. The van der Waals surface area contributed by atoms with Gasteiger partial charge in [-0.25, -0.2) is 4.98 Å². The minimum Gasteiger partial charge on any atom is -0.313 e. The Hall–Kier alpha value is -2.92. The van der Waals surface area contributed by atoms with Crippen molar-refractivity contribution in [2.75, 3.05) is 11.9 Å². The second-order valence-electron chi connectivity index (χ2n) is 6.36. The molecule has 27 heavy (non-hydrogen) atoms. The predicted octanol–water partition coefficient (Wildman–Crippen LogP) is 5.17. The molecule has 0 saturated carbocycles. The van der Waals surface area contributed by atoms with Crippen molar-refractivity contribution in [1.82, 2.24) is 19.6 Å². The van der Waals surface area contributed by atoms with E-state index in [4.69, 9.17) is 21.6 Å². The van der Waals surface area contributed by atoms with Crippen molar-refractivity contribution in [2.24, 2.45) is 0 Å². The molecule has 0 bridgehead atoms. The topological polar surface area (TPSA) is 46.3 Å². The number of rotatable bonds is 5. The zero-order valence-electron chi connectivity index (χ0n) is 15.3. The maximum atomic E-state index is 6.42. The van der Waals surface area contributed by atoms with Crippen molar-refractivity contribution in [3.8, 4) is 11.1 Å². The van der Waals surface area contributed by atoms with Gasteiger partial charge in [-0.15, -0.1) is 0 Å². The largest absolute Gasteiger partial charge is 0.313 e. The number of hydrogen-bond donors (Lipinski definition) is 0. The van der Waals surface area contributed by atoms with Crippen LogP contribution in [-0.2, 0) is 6.42 Å². The second kappa shape index (κ2) is 7.37. The molecule has 6 heteroatoms. The smallest absolute Gasteiger partial charge is 0.234 e. The van der Waals surface area contributed by atoms with E-state index in [0.717, 1.165) is 47.1 Å². The summed E-state index contributed by atoms with van der Waals surface area (Å²) in [6, 6.07) is 17.9. The van der Waals surface area contributed by atoms with Crippen molar-refractivity contribution >= 4 is 28.9 Å². The van der Waals surface area contributed by atoms with E-state index in [-0.39, 0.29) is 0 Å². The van der Waals surface area contributed by atoms with Gasteiger partial charge >= 0.3 is 0 Å². The number of anilines is 2. The number of fused-ring (bicyclic) bond motifs is 1. The molecule has 2 aromatic carbocycles. The number of aryl methyl sites for hydroxylation is 1.